The highest BCUT2D eigenvalue weighted by atomic mass is 79.9. The van der Waals surface area contributed by atoms with Crippen LogP contribution in [-0.2, 0) is 0 Å². The van der Waals surface area contributed by atoms with Crippen LogP contribution in [0.5, 0.6) is 0 Å². The van der Waals surface area contributed by atoms with Gasteiger partial charge >= 0.3 is 0 Å². The summed E-state index contributed by atoms with van der Waals surface area (Å²) >= 11 is 3.18. The lowest BCUT2D eigenvalue weighted by Gasteiger charge is -2.00. The Morgan fingerprint density at radius 2 is 2.50 bits per heavy atom. The highest BCUT2D eigenvalue weighted by Gasteiger charge is 2.10. The lowest BCUT2D eigenvalue weighted by Crippen LogP contribution is -1.95. The van der Waals surface area contributed by atoms with Gasteiger partial charge in [-0.05, 0) is 22.9 Å². The summed E-state index contributed by atoms with van der Waals surface area (Å²) in [5.41, 5.74) is 0.949. The van der Waals surface area contributed by atoms with E-state index in [9.17, 15) is 0 Å². The van der Waals surface area contributed by atoms with Crippen molar-refractivity contribution in [2.24, 2.45) is 0 Å². The molecule has 1 aromatic rings. The molecule has 4 nitrogen and oxygen atoms in total. The number of hydrogen-bond acceptors (Lipinski definition) is 3. The fraction of sp³-hybridized carbons (Fsp3) is 0.111. The van der Waals surface area contributed by atoms with Crippen LogP contribution in [0.2, 0.25) is 0 Å². The van der Waals surface area contributed by atoms with Gasteiger partial charge in [0.15, 0.2) is 0 Å². The monoisotopic (exact) mass is 253 g/mol. The first-order valence-corrected chi connectivity index (χ1v) is 4.55. The van der Waals surface area contributed by atoms with Gasteiger partial charge in [0.05, 0.1) is 23.7 Å². The summed E-state index contributed by atoms with van der Waals surface area (Å²) in [5.74, 6) is 0.104. The van der Waals surface area contributed by atoms with Gasteiger partial charge in [0.25, 0.3) is 0 Å². The fourth-order valence-electron chi connectivity index (χ4n) is 0.989. The second-order valence-electron chi connectivity index (χ2n) is 2.64. The number of rotatable bonds is 2. The topological polar surface area (TPSA) is 61.8 Å². The summed E-state index contributed by atoms with van der Waals surface area (Å²) in [5, 5.41) is 21.7. The second kappa shape index (κ2) is 4.11. The summed E-state index contributed by atoms with van der Waals surface area (Å²) < 4.78 is 1.94. The van der Waals surface area contributed by atoms with E-state index in [1.807, 2.05) is 6.07 Å². The highest BCUT2D eigenvalue weighted by molar-refractivity contribution is 9.15. The molecule has 0 aliphatic carbocycles. The number of halogens is 1. The average Bonchev–Trinajstić information content (AvgIpc) is 2.46. The van der Waals surface area contributed by atoms with Crippen molar-refractivity contribution >= 4 is 26.6 Å². The van der Waals surface area contributed by atoms with Gasteiger partial charge in [0, 0.05) is 4.48 Å². The summed E-state index contributed by atoms with van der Waals surface area (Å²) in [6.45, 7) is 5.19. The second-order valence-corrected chi connectivity index (χ2v) is 3.60. The van der Waals surface area contributed by atoms with Crippen molar-refractivity contribution in [2.75, 3.05) is 0 Å². The molecule has 0 saturated heterocycles. The zero-order valence-corrected chi connectivity index (χ0v) is 9.11. The van der Waals surface area contributed by atoms with Crippen molar-refractivity contribution in [1.29, 1.82) is 5.26 Å². The van der Waals surface area contributed by atoms with Crippen molar-refractivity contribution in [2.45, 2.75) is 6.92 Å². The van der Waals surface area contributed by atoms with Crippen LogP contribution in [0.25, 0.3) is 10.7 Å². The van der Waals surface area contributed by atoms with Crippen LogP contribution in [0.1, 0.15) is 18.2 Å². The molecule has 5 heteroatoms. The molecule has 1 heterocycles. The first-order valence-electron chi connectivity index (χ1n) is 3.76. The van der Waals surface area contributed by atoms with Crippen molar-refractivity contribution in [3.05, 3.63) is 29.8 Å². The third-order valence-corrected chi connectivity index (χ3v) is 1.86. The van der Waals surface area contributed by atoms with Crippen LogP contribution in [0, 0.1) is 11.3 Å². The van der Waals surface area contributed by atoms with E-state index in [0.717, 1.165) is 0 Å². The van der Waals surface area contributed by atoms with E-state index in [0.29, 0.717) is 15.7 Å². The zero-order chi connectivity index (χ0) is 10.7. The van der Waals surface area contributed by atoms with Gasteiger partial charge in [0.1, 0.15) is 11.8 Å². The minimum absolute atomic E-state index is 0.104. The third kappa shape index (κ3) is 2.03. The maximum atomic E-state index is 9.07. The van der Waals surface area contributed by atoms with Gasteiger partial charge < -0.3 is 5.11 Å². The number of allylic oxidation sites excluding steroid dienone is 1. The maximum Gasteiger partial charge on any atom is 0.107 e. The quantitative estimate of drug-likeness (QED) is 0.824. The van der Waals surface area contributed by atoms with Crippen LogP contribution in [0.3, 0.4) is 0 Å². The van der Waals surface area contributed by atoms with Crippen molar-refractivity contribution in [3.63, 3.8) is 0 Å². The van der Waals surface area contributed by atoms with Gasteiger partial charge in [0.2, 0.25) is 0 Å². The number of hydrogen-bond donors (Lipinski definition) is 1. The molecule has 0 spiro atoms. The molecule has 0 aliphatic rings. The van der Waals surface area contributed by atoms with E-state index in [2.05, 4.69) is 27.6 Å². The van der Waals surface area contributed by atoms with Crippen LogP contribution in [0.15, 0.2) is 18.5 Å². The van der Waals surface area contributed by atoms with Crippen molar-refractivity contribution in [3.8, 4) is 6.07 Å². The lowest BCUT2D eigenvalue weighted by atomic mass is 10.2. The Balaban J connectivity index is 3.34. The first kappa shape index (κ1) is 10.5. The average molecular weight is 254 g/mol. The number of aliphatic hydroxyl groups excluding tert-OH is 1. The van der Waals surface area contributed by atoms with Gasteiger partial charge in [-0.3, -0.25) is 0 Å². The van der Waals surface area contributed by atoms with Gasteiger partial charge in [-0.2, -0.15) is 10.4 Å². The zero-order valence-electron chi connectivity index (χ0n) is 7.53. The summed E-state index contributed by atoms with van der Waals surface area (Å²) in [6, 6.07) is 1.99. The Morgan fingerprint density at radius 3 is 2.93 bits per heavy atom. The molecule has 0 amide bonds. The standard InChI is InChI=1S/C9H8BrN3O/c1-6(14)5-13-9(7(2)10)8(3-11)4-12-13/h4-5,14H,2H2,1H3/b6-5+. The summed E-state index contributed by atoms with van der Waals surface area (Å²) in [4.78, 5) is 0. The minimum atomic E-state index is 0.104. The molecule has 1 aromatic heterocycles. The molecule has 1 rings (SSSR count). The van der Waals surface area contributed by atoms with E-state index < -0.39 is 0 Å². The van der Waals surface area contributed by atoms with Crippen LogP contribution >= 0.6 is 15.9 Å². The Morgan fingerprint density at radius 1 is 1.86 bits per heavy atom. The van der Waals surface area contributed by atoms with E-state index in [-0.39, 0.29) is 5.76 Å². The lowest BCUT2D eigenvalue weighted by molar-refractivity contribution is 0.416. The Kier molecular flexibility index (Phi) is 3.10. The molecular weight excluding hydrogens is 246 g/mol. The highest BCUT2D eigenvalue weighted by Crippen LogP contribution is 2.22. The number of nitriles is 1. The van der Waals surface area contributed by atoms with Gasteiger partial charge in [-0.1, -0.05) is 6.58 Å². The first-order chi connectivity index (χ1) is 6.56. The predicted octanol–water partition coefficient (Wildman–Crippen LogP) is 2.50. The molecule has 0 fully saturated rings. The van der Waals surface area contributed by atoms with Crippen LogP contribution in [-0.4, -0.2) is 14.9 Å². The molecular formula is C9H8BrN3O. The maximum absolute atomic E-state index is 9.07. The van der Waals surface area contributed by atoms with E-state index in [4.69, 9.17) is 10.4 Å². The molecule has 0 atom stereocenters. The third-order valence-electron chi connectivity index (χ3n) is 1.48. The van der Waals surface area contributed by atoms with Crippen molar-refractivity contribution in [1.82, 2.24) is 9.78 Å². The molecule has 72 valence electrons. The van der Waals surface area contributed by atoms with Gasteiger partial charge in [-0.25, -0.2) is 4.68 Å². The largest absolute Gasteiger partial charge is 0.511 e. The molecule has 1 N–H and O–H groups in total. The number of aliphatic hydroxyl groups is 1. The normalized spacial score (nSPS) is 11.1. The molecule has 0 aromatic carbocycles. The number of nitrogens with zero attached hydrogens (tertiary/aromatic N) is 3. The molecule has 0 bridgehead atoms. The van der Waals surface area contributed by atoms with E-state index in [1.165, 1.54) is 24.0 Å². The Hall–Kier alpha value is -1.54. The Labute approximate surface area is 89.9 Å². The SMILES string of the molecule is C=C(Br)c1c(C#N)cnn1/C=C(\C)O. The van der Waals surface area contributed by atoms with Crippen LogP contribution in [0.4, 0.5) is 0 Å². The molecule has 0 unspecified atom stereocenters. The van der Waals surface area contributed by atoms with E-state index in [1.54, 1.807) is 0 Å². The van der Waals surface area contributed by atoms with Gasteiger partial charge in [-0.15, -0.1) is 0 Å². The van der Waals surface area contributed by atoms with Crippen LogP contribution < -0.4 is 0 Å². The van der Waals surface area contributed by atoms with E-state index >= 15 is 0 Å². The number of aromatic nitrogens is 2. The summed E-state index contributed by atoms with van der Waals surface area (Å²) in [7, 11) is 0. The predicted molar refractivity (Wildman–Crippen MR) is 57.5 cm³/mol. The van der Waals surface area contributed by atoms with Crippen molar-refractivity contribution < 1.29 is 5.11 Å². The smallest absolute Gasteiger partial charge is 0.107 e. The molecule has 14 heavy (non-hydrogen) atoms. The Bertz CT molecular complexity index is 435. The molecule has 0 radical (unpaired) electrons. The minimum Gasteiger partial charge on any atom is -0.511 e. The molecule has 0 aliphatic heterocycles. The fourth-order valence-corrected chi connectivity index (χ4v) is 1.38. The summed E-state index contributed by atoms with van der Waals surface area (Å²) in [6.07, 6.45) is 2.82. The molecule has 0 saturated carbocycles.